The van der Waals surface area contributed by atoms with Gasteiger partial charge in [-0.1, -0.05) is 24.6 Å². The van der Waals surface area contributed by atoms with Crippen LogP contribution >= 0.6 is 11.6 Å². The number of fused-ring (bicyclic) bond motifs is 1. The third kappa shape index (κ3) is 6.79. The first kappa shape index (κ1) is 32.3. The molecular weight excluding hydrogens is 585 g/mol. The van der Waals surface area contributed by atoms with Crippen LogP contribution in [0.1, 0.15) is 68.9 Å². The van der Waals surface area contributed by atoms with E-state index in [9.17, 15) is 21.6 Å². The molecule has 3 atom stereocenters. The van der Waals surface area contributed by atoms with Crippen molar-refractivity contribution in [3.05, 3.63) is 57.4 Å². The second-order valence-electron chi connectivity index (χ2n) is 10.9. The van der Waals surface area contributed by atoms with E-state index in [4.69, 9.17) is 25.3 Å². The van der Waals surface area contributed by atoms with Gasteiger partial charge in [0.05, 0.1) is 11.3 Å². The predicted octanol–water partition coefficient (Wildman–Crippen LogP) is 5.03. The fourth-order valence-electron chi connectivity index (χ4n) is 4.82. The molecule has 0 bridgehead atoms. The van der Waals surface area contributed by atoms with Crippen molar-refractivity contribution in [2.75, 3.05) is 19.4 Å². The van der Waals surface area contributed by atoms with Crippen molar-refractivity contribution in [2.45, 2.75) is 77.0 Å². The minimum Gasteiger partial charge on any atom is -0.490 e. The molecular formula is C27H35ClFNO8S2. The van der Waals surface area contributed by atoms with Gasteiger partial charge >= 0.3 is 5.97 Å². The molecule has 0 fully saturated rings. The Hall–Kier alpha value is -2.25. The highest BCUT2D eigenvalue weighted by atomic mass is 35.5. The van der Waals surface area contributed by atoms with Crippen LogP contribution in [0.2, 0.25) is 5.02 Å². The van der Waals surface area contributed by atoms with E-state index in [0.717, 1.165) is 16.1 Å². The molecule has 0 radical (unpaired) electrons. The summed E-state index contributed by atoms with van der Waals surface area (Å²) in [5, 5.41) is 0.0352. The molecule has 1 aliphatic heterocycles. The molecule has 0 N–H and O–H groups in total. The highest BCUT2D eigenvalue weighted by molar-refractivity contribution is 7.89. The first-order valence-electron chi connectivity index (χ1n) is 12.6. The zero-order valence-electron chi connectivity index (χ0n) is 23.7. The first-order chi connectivity index (χ1) is 18.3. The number of benzene rings is 2. The molecule has 0 saturated carbocycles. The molecule has 222 valence electrons. The van der Waals surface area contributed by atoms with E-state index in [0.29, 0.717) is 5.56 Å². The van der Waals surface area contributed by atoms with Gasteiger partial charge in [-0.05, 0) is 76.4 Å². The van der Waals surface area contributed by atoms with Crippen molar-refractivity contribution < 1.29 is 39.7 Å². The number of esters is 1. The topological polar surface area (TPSA) is 116 Å². The Morgan fingerprint density at radius 3 is 2.33 bits per heavy atom. The number of halogens is 2. The van der Waals surface area contributed by atoms with Gasteiger partial charge in [0.15, 0.2) is 0 Å². The van der Waals surface area contributed by atoms with E-state index in [2.05, 4.69) is 0 Å². The van der Waals surface area contributed by atoms with E-state index >= 15 is 4.39 Å². The maximum Gasteiger partial charge on any atom is 0.325 e. The summed E-state index contributed by atoms with van der Waals surface area (Å²) in [7, 11) is -8.43. The quantitative estimate of drug-likeness (QED) is 0.313. The standard InChI is InChI=1S/C27H35ClFNO8S2/c1-15-9-11-20(29)22(16(15)2)17(3)24(26(31)37-27(5,6)7)30-13-14-36-25-21(40(30,34)35)12-10-19(28)23(25)18(4)38-39(8,32)33/h9-12,17-18,24H,13-14H2,1-8H3/t17?,18?,24-/m0/s1. The van der Waals surface area contributed by atoms with E-state index in [-0.39, 0.29) is 39.9 Å². The Morgan fingerprint density at radius 1 is 1.12 bits per heavy atom. The molecule has 0 aliphatic carbocycles. The molecule has 2 aromatic carbocycles. The zero-order chi connectivity index (χ0) is 30.4. The summed E-state index contributed by atoms with van der Waals surface area (Å²) >= 11 is 6.35. The number of carbonyl (C=O) groups is 1. The number of carbonyl (C=O) groups excluding carboxylic acids is 1. The molecule has 1 heterocycles. The Morgan fingerprint density at radius 2 is 1.75 bits per heavy atom. The average Bonchev–Trinajstić information content (AvgIpc) is 2.90. The van der Waals surface area contributed by atoms with E-state index < -0.39 is 55.6 Å². The maximum atomic E-state index is 15.2. The van der Waals surface area contributed by atoms with Gasteiger partial charge in [-0.15, -0.1) is 0 Å². The van der Waals surface area contributed by atoms with Gasteiger partial charge in [-0.2, -0.15) is 12.7 Å². The molecule has 2 unspecified atom stereocenters. The number of ether oxygens (including phenoxy) is 2. The predicted molar refractivity (Wildman–Crippen MR) is 149 cm³/mol. The monoisotopic (exact) mass is 619 g/mol. The summed E-state index contributed by atoms with van der Waals surface area (Å²) in [6.07, 6.45) is -0.318. The fraction of sp³-hybridized carbons (Fsp3) is 0.519. The van der Waals surface area contributed by atoms with Crippen LogP contribution in [-0.2, 0) is 33.9 Å². The van der Waals surface area contributed by atoms with E-state index in [1.165, 1.54) is 25.1 Å². The minimum absolute atomic E-state index is 0.0254. The third-order valence-corrected chi connectivity index (χ3v) is 9.47. The lowest BCUT2D eigenvalue weighted by Gasteiger charge is -2.35. The molecule has 2 aromatic rings. The van der Waals surface area contributed by atoms with Gasteiger partial charge in [0, 0.05) is 18.0 Å². The minimum atomic E-state index is -4.50. The Balaban J connectivity index is 2.24. The molecule has 0 aromatic heterocycles. The second-order valence-corrected chi connectivity index (χ2v) is 14.7. The normalized spacial score (nSPS) is 18.1. The van der Waals surface area contributed by atoms with Crippen molar-refractivity contribution in [1.29, 1.82) is 0 Å². The number of nitrogens with zero attached hydrogens (tertiary/aromatic N) is 1. The summed E-state index contributed by atoms with van der Waals surface area (Å²) in [6, 6.07) is 3.95. The Labute approximate surface area is 240 Å². The van der Waals surface area contributed by atoms with Crippen LogP contribution in [-0.4, -0.2) is 58.2 Å². The smallest absolute Gasteiger partial charge is 0.325 e. The summed E-state index contributed by atoms with van der Waals surface area (Å²) in [5.41, 5.74) is 0.627. The van der Waals surface area contributed by atoms with Gasteiger partial charge in [0.25, 0.3) is 10.1 Å². The van der Waals surface area contributed by atoms with Gasteiger partial charge < -0.3 is 9.47 Å². The largest absolute Gasteiger partial charge is 0.490 e. The van der Waals surface area contributed by atoms with Crippen molar-refractivity contribution in [3.8, 4) is 5.75 Å². The number of rotatable bonds is 7. The van der Waals surface area contributed by atoms with Crippen LogP contribution in [0.3, 0.4) is 0 Å². The molecule has 1 aliphatic rings. The summed E-state index contributed by atoms with van der Waals surface area (Å²) in [4.78, 5) is 13.3. The lowest BCUT2D eigenvalue weighted by molar-refractivity contribution is -0.160. The molecule has 40 heavy (non-hydrogen) atoms. The van der Waals surface area contributed by atoms with Gasteiger partial charge in [-0.25, -0.2) is 12.8 Å². The van der Waals surface area contributed by atoms with Gasteiger partial charge in [0.1, 0.15) is 40.8 Å². The van der Waals surface area contributed by atoms with Crippen LogP contribution < -0.4 is 4.74 Å². The van der Waals surface area contributed by atoms with Crippen molar-refractivity contribution in [2.24, 2.45) is 0 Å². The lowest BCUT2D eigenvalue weighted by Crippen LogP contribution is -2.50. The molecule has 0 amide bonds. The molecule has 3 rings (SSSR count). The van der Waals surface area contributed by atoms with Crippen molar-refractivity contribution in [3.63, 3.8) is 0 Å². The number of sulfonamides is 1. The summed E-state index contributed by atoms with van der Waals surface area (Å²) < 4.78 is 84.8. The van der Waals surface area contributed by atoms with E-state index in [1.54, 1.807) is 47.6 Å². The number of hydrogen-bond acceptors (Lipinski definition) is 8. The van der Waals surface area contributed by atoms with Crippen molar-refractivity contribution >= 4 is 37.7 Å². The highest BCUT2D eigenvalue weighted by Crippen LogP contribution is 2.43. The zero-order valence-corrected chi connectivity index (χ0v) is 26.1. The van der Waals surface area contributed by atoms with Crippen LogP contribution in [0.15, 0.2) is 29.2 Å². The van der Waals surface area contributed by atoms with Gasteiger partial charge in [0.2, 0.25) is 10.0 Å². The second kappa shape index (κ2) is 11.6. The fourth-order valence-corrected chi connectivity index (χ4v) is 7.53. The van der Waals surface area contributed by atoms with Crippen LogP contribution in [0, 0.1) is 19.7 Å². The van der Waals surface area contributed by atoms with Crippen LogP contribution in [0.25, 0.3) is 0 Å². The summed E-state index contributed by atoms with van der Waals surface area (Å²) in [5.74, 6) is -2.56. The third-order valence-electron chi connectivity index (χ3n) is 6.60. The molecule has 13 heteroatoms. The maximum absolute atomic E-state index is 15.2. The summed E-state index contributed by atoms with van der Waals surface area (Å²) in [6.45, 7) is 10.9. The Kier molecular flexibility index (Phi) is 9.32. The molecule has 9 nitrogen and oxygen atoms in total. The lowest BCUT2D eigenvalue weighted by atomic mass is 9.87. The molecule has 0 spiro atoms. The first-order valence-corrected chi connectivity index (χ1v) is 16.2. The van der Waals surface area contributed by atoms with Gasteiger partial charge in [-0.3, -0.25) is 8.98 Å². The van der Waals surface area contributed by atoms with Crippen molar-refractivity contribution in [1.82, 2.24) is 4.31 Å². The van der Waals surface area contributed by atoms with Crippen LogP contribution in [0.5, 0.6) is 5.75 Å². The Bertz CT molecular complexity index is 1520. The SMILES string of the molecule is Cc1ccc(F)c(C(C)[C@@H](C(=O)OC(C)(C)C)N2CCOc3c(ccc(Cl)c3C(C)OS(C)(=O)=O)S2(=O)=O)c1C. The van der Waals surface area contributed by atoms with E-state index in [1.807, 2.05) is 0 Å². The average molecular weight is 620 g/mol. The highest BCUT2D eigenvalue weighted by Gasteiger charge is 2.46. The van der Waals surface area contributed by atoms with Crippen LogP contribution in [0.4, 0.5) is 4.39 Å². The molecule has 0 saturated heterocycles. The number of aryl methyl sites for hydroxylation is 1. The number of hydrogen-bond donors (Lipinski definition) is 0.